The number of carbonyl (C=O) groups is 1. The molecule has 1 atom stereocenters. The van der Waals surface area contributed by atoms with Crippen molar-refractivity contribution in [3.8, 4) is 5.75 Å². The Labute approximate surface area is 183 Å². The molecule has 0 aromatic heterocycles. The topological polar surface area (TPSA) is 80.2 Å². The molecule has 0 radical (unpaired) electrons. The second-order valence-electron chi connectivity index (χ2n) is 7.67. The van der Waals surface area contributed by atoms with E-state index in [-0.39, 0.29) is 19.1 Å². The van der Waals surface area contributed by atoms with Crippen LogP contribution in [0.25, 0.3) is 0 Å². The predicted octanol–water partition coefficient (Wildman–Crippen LogP) is 3.21. The van der Waals surface area contributed by atoms with Gasteiger partial charge in [-0.15, -0.1) is 6.58 Å². The van der Waals surface area contributed by atoms with Gasteiger partial charge in [0, 0.05) is 31.6 Å². The molecule has 6 nitrogen and oxygen atoms in total. The molecule has 0 saturated heterocycles. The van der Waals surface area contributed by atoms with E-state index in [4.69, 9.17) is 14.6 Å². The van der Waals surface area contributed by atoms with Gasteiger partial charge in [0.25, 0.3) is 5.91 Å². The summed E-state index contributed by atoms with van der Waals surface area (Å²) in [4.78, 5) is 17.7. The van der Waals surface area contributed by atoms with E-state index in [0.717, 1.165) is 12.0 Å². The molecule has 2 N–H and O–H groups in total. The lowest BCUT2D eigenvalue weighted by molar-refractivity contribution is -0.126. The minimum atomic E-state index is -0.999. The van der Waals surface area contributed by atoms with Gasteiger partial charge in [-0.3, -0.25) is 4.79 Å². The Morgan fingerprint density at radius 3 is 2.68 bits per heavy atom. The van der Waals surface area contributed by atoms with Crippen molar-refractivity contribution in [1.82, 2.24) is 5.32 Å². The molecule has 6 heteroatoms. The zero-order valence-electron chi connectivity index (χ0n) is 18.0. The Morgan fingerprint density at radius 1 is 1.26 bits per heavy atom. The van der Waals surface area contributed by atoms with Crippen LogP contribution in [0.1, 0.15) is 29.5 Å². The summed E-state index contributed by atoms with van der Waals surface area (Å²) in [5, 5.41) is 11.8. The zero-order chi connectivity index (χ0) is 22.1. The number of aliphatic imine (C=N–C) groups is 1. The lowest BCUT2D eigenvalue weighted by Gasteiger charge is -2.21. The normalized spacial score (nSPS) is 17.5. The molecule has 3 rings (SSSR count). The number of ether oxygens (including phenoxy) is 2. The van der Waals surface area contributed by atoms with Gasteiger partial charge < -0.3 is 19.9 Å². The predicted molar refractivity (Wildman–Crippen MR) is 122 cm³/mol. The van der Waals surface area contributed by atoms with Gasteiger partial charge >= 0.3 is 0 Å². The molecule has 1 aliphatic rings. The molecule has 0 unspecified atom stereocenters. The van der Waals surface area contributed by atoms with Crippen LogP contribution in [0.4, 0.5) is 0 Å². The molecule has 0 bridgehead atoms. The second kappa shape index (κ2) is 10.8. The van der Waals surface area contributed by atoms with Gasteiger partial charge in [-0.05, 0) is 43.2 Å². The number of benzene rings is 2. The van der Waals surface area contributed by atoms with E-state index in [1.165, 1.54) is 11.1 Å². The van der Waals surface area contributed by atoms with Crippen LogP contribution in [-0.2, 0) is 16.0 Å². The molecule has 2 aromatic carbocycles. The van der Waals surface area contributed by atoms with Gasteiger partial charge in [0.05, 0.1) is 6.61 Å². The van der Waals surface area contributed by atoms with Crippen LogP contribution < -0.4 is 10.1 Å². The van der Waals surface area contributed by atoms with Gasteiger partial charge in [0.1, 0.15) is 12.4 Å². The van der Waals surface area contributed by atoms with Crippen molar-refractivity contribution >= 4 is 11.8 Å². The lowest BCUT2D eigenvalue weighted by atomic mass is 9.96. The Kier molecular flexibility index (Phi) is 7.84. The van der Waals surface area contributed by atoms with E-state index in [9.17, 15) is 4.79 Å². The molecule has 0 aliphatic carbocycles. The van der Waals surface area contributed by atoms with Crippen molar-refractivity contribution in [2.75, 3.05) is 26.4 Å². The van der Waals surface area contributed by atoms with E-state index in [1.54, 1.807) is 6.08 Å². The van der Waals surface area contributed by atoms with E-state index >= 15 is 0 Å². The second-order valence-corrected chi connectivity index (χ2v) is 7.67. The first kappa shape index (κ1) is 22.6. The van der Waals surface area contributed by atoms with E-state index in [1.807, 2.05) is 24.3 Å². The van der Waals surface area contributed by atoms with Crippen molar-refractivity contribution in [2.45, 2.75) is 31.7 Å². The van der Waals surface area contributed by atoms with Crippen molar-refractivity contribution in [3.63, 3.8) is 0 Å². The highest BCUT2D eigenvalue weighted by Gasteiger charge is 2.43. The summed E-state index contributed by atoms with van der Waals surface area (Å²) in [6.07, 6.45) is 3.44. The lowest BCUT2D eigenvalue weighted by Crippen LogP contribution is -2.47. The average Bonchev–Trinajstić information content (AvgIpc) is 3.21. The van der Waals surface area contributed by atoms with Crippen LogP contribution in [0, 0.1) is 6.92 Å². The maximum Gasteiger partial charge on any atom is 0.251 e. The van der Waals surface area contributed by atoms with Gasteiger partial charge in [0.2, 0.25) is 5.90 Å². The molecular formula is C25H30N2O4. The number of amides is 1. The molecule has 0 saturated carbocycles. The molecule has 164 valence electrons. The first-order valence-corrected chi connectivity index (χ1v) is 10.6. The first-order chi connectivity index (χ1) is 15.1. The number of aryl methyl sites for hydroxylation is 1. The molecule has 1 aliphatic heterocycles. The summed E-state index contributed by atoms with van der Waals surface area (Å²) in [6, 6.07) is 15.7. The molecule has 1 amide bonds. The number of aliphatic hydroxyl groups is 1. The van der Waals surface area contributed by atoms with Crippen LogP contribution in [0.3, 0.4) is 0 Å². The average molecular weight is 423 g/mol. The fraction of sp³-hybridized carbons (Fsp3) is 0.360. The smallest absolute Gasteiger partial charge is 0.251 e. The van der Waals surface area contributed by atoms with Crippen LogP contribution >= 0.6 is 0 Å². The number of hydrogen-bond donors (Lipinski definition) is 2. The maximum atomic E-state index is 13.0. The standard InChI is InChI=1S/C25H30N2O4/c1-3-14-25(24(29)26-15-13-20-7-5-19(2)6-8-20)18-31-23(27-25)21-9-11-22(12-10-21)30-17-4-16-28/h3,5-12,28H,1,4,13-18H2,2H3,(H,26,29)/t25-/m1/s1. The largest absolute Gasteiger partial charge is 0.494 e. The Hall–Kier alpha value is -3.12. The first-order valence-electron chi connectivity index (χ1n) is 10.6. The number of rotatable bonds is 11. The number of hydrogen-bond acceptors (Lipinski definition) is 5. The summed E-state index contributed by atoms with van der Waals surface area (Å²) >= 11 is 0. The zero-order valence-corrected chi connectivity index (χ0v) is 18.0. The quantitative estimate of drug-likeness (QED) is 0.430. The number of carbonyl (C=O) groups excluding carboxylic acids is 1. The highest BCUT2D eigenvalue weighted by atomic mass is 16.5. The summed E-state index contributed by atoms with van der Waals surface area (Å²) in [5.41, 5.74) is 2.18. The van der Waals surface area contributed by atoms with E-state index in [2.05, 4.69) is 48.1 Å². The van der Waals surface area contributed by atoms with Gasteiger partial charge in [-0.25, -0.2) is 4.99 Å². The highest BCUT2D eigenvalue weighted by Crippen LogP contribution is 2.27. The third-order valence-corrected chi connectivity index (χ3v) is 5.16. The molecule has 0 fully saturated rings. The van der Waals surface area contributed by atoms with Crippen molar-refractivity contribution < 1.29 is 19.4 Å². The fourth-order valence-corrected chi connectivity index (χ4v) is 3.33. The highest BCUT2D eigenvalue weighted by molar-refractivity contribution is 6.00. The third-order valence-electron chi connectivity index (χ3n) is 5.16. The Bertz CT molecular complexity index is 906. The molecular weight excluding hydrogens is 392 g/mol. The minimum absolute atomic E-state index is 0.0984. The Balaban J connectivity index is 1.63. The number of nitrogens with zero attached hydrogens (tertiary/aromatic N) is 1. The molecule has 31 heavy (non-hydrogen) atoms. The summed E-state index contributed by atoms with van der Waals surface area (Å²) < 4.78 is 11.4. The summed E-state index contributed by atoms with van der Waals surface area (Å²) in [6.45, 7) is 7.12. The van der Waals surface area contributed by atoms with Crippen LogP contribution in [-0.4, -0.2) is 48.8 Å². The molecule has 0 spiro atoms. The number of aliphatic hydroxyl groups excluding tert-OH is 1. The SMILES string of the molecule is C=CC[C@]1(C(=O)NCCc2ccc(C)cc2)COC(c2ccc(OCCCO)cc2)=N1. The van der Waals surface area contributed by atoms with E-state index < -0.39 is 5.54 Å². The van der Waals surface area contributed by atoms with Crippen molar-refractivity contribution in [3.05, 3.63) is 77.9 Å². The summed E-state index contributed by atoms with van der Waals surface area (Å²) in [5.74, 6) is 0.998. The molecule has 1 heterocycles. The maximum absolute atomic E-state index is 13.0. The van der Waals surface area contributed by atoms with Crippen molar-refractivity contribution in [1.29, 1.82) is 0 Å². The van der Waals surface area contributed by atoms with Crippen LogP contribution in [0.2, 0.25) is 0 Å². The third kappa shape index (κ3) is 5.95. The van der Waals surface area contributed by atoms with Crippen LogP contribution in [0.5, 0.6) is 5.75 Å². The molecule has 2 aromatic rings. The van der Waals surface area contributed by atoms with Crippen LogP contribution in [0.15, 0.2) is 66.2 Å². The van der Waals surface area contributed by atoms with Gasteiger partial charge in [-0.2, -0.15) is 0 Å². The minimum Gasteiger partial charge on any atom is -0.494 e. The number of nitrogens with one attached hydrogen (secondary N) is 1. The monoisotopic (exact) mass is 422 g/mol. The van der Waals surface area contributed by atoms with Gasteiger partial charge in [0.15, 0.2) is 5.54 Å². The Morgan fingerprint density at radius 2 is 2.00 bits per heavy atom. The fourth-order valence-electron chi connectivity index (χ4n) is 3.33. The van der Waals surface area contributed by atoms with Crippen molar-refractivity contribution in [2.24, 2.45) is 4.99 Å². The van der Waals surface area contributed by atoms with E-state index in [0.29, 0.717) is 37.6 Å². The van der Waals surface area contributed by atoms with Gasteiger partial charge in [-0.1, -0.05) is 35.9 Å². The summed E-state index contributed by atoms with van der Waals surface area (Å²) in [7, 11) is 0.